The Labute approximate surface area is 72.3 Å². The molecule has 3 fully saturated rings. The molecule has 2 aliphatic carbocycles. The molecule has 0 N–H and O–H groups in total. The standard InChI is InChI=1S/C10H14O2/c11-8-9(6-7-9)10(12-8)4-2-1-3-5-10/h1-7H2. The van der Waals surface area contributed by atoms with E-state index in [1.807, 2.05) is 0 Å². The zero-order valence-corrected chi connectivity index (χ0v) is 7.27. The van der Waals surface area contributed by atoms with Gasteiger partial charge in [0.25, 0.3) is 0 Å². The Balaban J connectivity index is 1.87. The molecule has 3 aliphatic rings. The summed E-state index contributed by atoms with van der Waals surface area (Å²) in [5.74, 6) is 0.101. The predicted molar refractivity (Wildman–Crippen MR) is 43.6 cm³/mol. The molecule has 0 aromatic rings. The Bertz CT molecular complexity index is 234. The molecular weight excluding hydrogens is 152 g/mol. The first-order valence-corrected chi connectivity index (χ1v) is 5.03. The number of carbonyl (C=O) groups excluding carboxylic acids is 1. The van der Waals surface area contributed by atoms with Crippen molar-refractivity contribution in [2.75, 3.05) is 0 Å². The number of hydrogen-bond donors (Lipinski definition) is 0. The average Bonchev–Trinajstić information content (AvgIpc) is 2.87. The average molecular weight is 166 g/mol. The molecule has 1 heterocycles. The highest BCUT2D eigenvalue weighted by molar-refractivity contribution is 5.88. The van der Waals surface area contributed by atoms with Crippen molar-refractivity contribution in [3.05, 3.63) is 0 Å². The molecule has 66 valence electrons. The SMILES string of the molecule is O=C1OC2(CCCCC2)C12CC2. The van der Waals surface area contributed by atoms with E-state index in [4.69, 9.17) is 4.74 Å². The van der Waals surface area contributed by atoms with E-state index in [0.717, 1.165) is 25.7 Å². The van der Waals surface area contributed by atoms with E-state index in [9.17, 15) is 4.79 Å². The van der Waals surface area contributed by atoms with Crippen LogP contribution in [0.3, 0.4) is 0 Å². The van der Waals surface area contributed by atoms with Gasteiger partial charge in [-0.3, -0.25) is 4.79 Å². The highest BCUT2D eigenvalue weighted by atomic mass is 16.6. The van der Waals surface area contributed by atoms with Crippen LogP contribution in [0.4, 0.5) is 0 Å². The molecule has 0 aromatic carbocycles. The van der Waals surface area contributed by atoms with Crippen molar-refractivity contribution in [1.82, 2.24) is 0 Å². The van der Waals surface area contributed by atoms with E-state index in [1.165, 1.54) is 19.3 Å². The van der Waals surface area contributed by atoms with Gasteiger partial charge in [-0.2, -0.15) is 0 Å². The first-order valence-electron chi connectivity index (χ1n) is 5.03. The maximum atomic E-state index is 11.3. The van der Waals surface area contributed by atoms with Crippen molar-refractivity contribution in [3.8, 4) is 0 Å². The third-order valence-electron chi connectivity index (χ3n) is 3.96. The van der Waals surface area contributed by atoms with E-state index in [1.54, 1.807) is 0 Å². The third-order valence-corrected chi connectivity index (χ3v) is 3.96. The van der Waals surface area contributed by atoms with E-state index < -0.39 is 0 Å². The minimum absolute atomic E-state index is 0.0301. The molecule has 2 spiro atoms. The summed E-state index contributed by atoms with van der Waals surface area (Å²) in [6.45, 7) is 0. The predicted octanol–water partition coefficient (Wildman–Crippen LogP) is 2.03. The Hall–Kier alpha value is -0.530. The quantitative estimate of drug-likeness (QED) is 0.515. The lowest BCUT2D eigenvalue weighted by Gasteiger charge is -2.50. The van der Waals surface area contributed by atoms with Gasteiger partial charge in [0.05, 0.1) is 0 Å². The van der Waals surface area contributed by atoms with Gasteiger partial charge in [-0.05, 0) is 38.5 Å². The minimum atomic E-state index is 0.0301. The van der Waals surface area contributed by atoms with Gasteiger partial charge in [0, 0.05) is 0 Å². The minimum Gasteiger partial charge on any atom is -0.457 e. The number of carbonyl (C=O) groups is 1. The largest absolute Gasteiger partial charge is 0.457 e. The highest BCUT2D eigenvalue weighted by Crippen LogP contribution is 2.67. The molecular formula is C10H14O2. The molecule has 1 saturated heterocycles. The van der Waals surface area contributed by atoms with Crippen LogP contribution in [-0.2, 0) is 9.53 Å². The molecule has 0 radical (unpaired) electrons. The second kappa shape index (κ2) is 1.86. The van der Waals surface area contributed by atoms with Gasteiger partial charge in [0.2, 0.25) is 0 Å². The van der Waals surface area contributed by atoms with Crippen LogP contribution in [-0.4, -0.2) is 11.6 Å². The Morgan fingerprint density at radius 2 is 1.67 bits per heavy atom. The summed E-state index contributed by atoms with van der Waals surface area (Å²) in [7, 11) is 0. The summed E-state index contributed by atoms with van der Waals surface area (Å²) >= 11 is 0. The van der Waals surface area contributed by atoms with Gasteiger partial charge < -0.3 is 4.74 Å². The Morgan fingerprint density at radius 1 is 1.00 bits per heavy atom. The molecule has 3 rings (SSSR count). The van der Waals surface area contributed by atoms with Crippen LogP contribution in [0.5, 0.6) is 0 Å². The lowest BCUT2D eigenvalue weighted by atomic mass is 9.69. The molecule has 12 heavy (non-hydrogen) atoms. The van der Waals surface area contributed by atoms with E-state index in [2.05, 4.69) is 0 Å². The molecule has 0 aromatic heterocycles. The second-order valence-corrected chi connectivity index (χ2v) is 4.53. The molecule has 2 saturated carbocycles. The summed E-state index contributed by atoms with van der Waals surface area (Å²) in [6, 6.07) is 0. The van der Waals surface area contributed by atoms with Crippen LogP contribution >= 0.6 is 0 Å². The second-order valence-electron chi connectivity index (χ2n) is 4.53. The summed E-state index contributed by atoms with van der Waals surface area (Å²) in [5.41, 5.74) is 0.0652. The highest BCUT2D eigenvalue weighted by Gasteiger charge is 2.74. The van der Waals surface area contributed by atoms with E-state index >= 15 is 0 Å². The fourth-order valence-electron chi connectivity index (χ4n) is 3.00. The van der Waals surface area contributed by atoms with Gasteiger partial charge in [0.15, 0.2) is 0 Å². The Morgan fingerprint density at radius 3 is 2.17 bits per heavy atom. The fourth-order valence-corrected chi connectivity index (χ4v) is 3.00. The molecule has 2 nitrogen and oxygen atoms in total. The van der Waals surface area contributed by atoms with Gasteiger partial charge in [-0.25, -0.2) is 0 Å². The first-order chi connectivity index (χ1) is 5.79. The van der Waals surface area contributed by atoms with E-state index in [-0.39, 0.29) is 17.0 Å². The van der Waals surface area contributed by atoms with Gasteiger partial charge in [-0.15, -0.1) is 0 Å². The van der Waals surface area contributed by atoms with Gasteiger partial charge in [0.1, 0.15) is 11.0 Å². The lowest BCUT2D eigenvalue weighted by Crippen LogP contribution is -2.60. The smallest absolute Gasteiger partial charge is 0.316 e. The summed E-state index contributed by atoms with van der Waals surface area (Å²) in [4.78, 5) is 11.3. The molecule has 0 bridgehead atoms. The van der Waals surface area contributed by atoms with Crippen LogP contribution in [0.25, 0.3) is 0 Å². The fraction of sp³-hybridized carbons (Fsp3) is 0.900. The number of esters is 1. The summed E-state index contributed by atoms with van der Waals surface area (Å²) < 4.78 is 5.41. The van der Waals surface area contributed by atoms with Gasteiger partial charge in [-0.1, -0.05) is 6.42 Å². The number of rotatable bonds is 0. The van der Waals surface area contributed by atoms with E-state index in [0.29, 0.717) is 0 Å². The third kappa shape index (κ3) is 0.572. The van der Waals surface area contributed by atoms with Crippen LogP contribution in [0.1, 0.15) is 44.9 Å². The molecule has 1 aliphatic heterocycles. The van der Waals surface area contributed by atoms with Crippen LogP contribution in [0.2, 0.25) is 0 Å². The van der Waals surface area contributed by atoms with Crippen LogP contribution in [0.15, 0.2) is 0 Å². The van der Waals surface area contributed by atoms with Gasteiger partial charge >= 0.3 is 5.97 Å². The van der Waals surface area contributed by atoms with Crippen molar-refractivity contribution in [2.45, 2.75) is 50.5 Å². The van der Waals surface area contributed by atoms with Crippen LogP contribution < -0.4 is 0 Å². The number of hydrogen-bond acceptors (Lipinski definition) is 2. The number of fused-ring (bicyclic) bond motifs is 1. The monoisotopic (exact) mass is 166 g/mol. The zero-order chi connectivity index (χ0) is 8.23. The van der Waals surface area contributed by atoms with Crippen molar-refractivity contribution in [2.24, 2.45) is 5.41 Å². The summed E-state index contributed by atoms with van der Waals surface area (Å²) in [6.07, 6.45) is 8.33. The lowest BCUT2D eigenvalue weighted by molar-refractivity contribution is -0.228. The van der Waals surface area contributed by atoms with Crippen molar-refractivity contribution >= 4 is 5.97 Å². The maximum absolute atomic E-state index is 11.3. The van der Waals surface area contributed by atoms with Crippen molar-refractivity contribution in [3.63, 3.8) is 0 Å². The van der Waals surface area contributed by atoms with Crippen molar-refractivity contribution in [1.29, 1.82) is 0 Å². The summed E-state index contributed by atoms with van der Waals surface area (Å²) in [5, 5.41) is 0. The normalized spacial score (nSPS) is 34.5. The molecule has 2 heteroatoms. The zero-order valence-electron chi connectivity index (χ0n) is 7.27. The molecule has 0 atom stereocenters. The Kier molecular flexibility index (Phi) is 1.07. The molecule has 0 unspecified atom stereocenters. The number of ether oxygens (including phenoxy) is 1. The first kappa shape index (κ1) is 6.93. The van der Waals surface area contributed by atoms with Crippen LogP contribution in [0, 0.1) is 5.41 Å². The topological polar surface area (TPSA) is 26.3 Å². The molecule has 0 amide bonds. The van der Waals surface area contributed by atoms with Crippen molar-refractivity contribution < 1.29 is 9.53 Å². The maximum Gasteiger partial charge on any atom is 0.316 e.